The lowest BCUT2D eigenvalue weighted by Gasteiger charge is -2.27. The van der Waals surface area contributed by atoms with Crippen LogP contribution in [0.2, 0.25) is 0 Å². The standard InChI is InChI=1S/C18H12Cl3F3N3O3P3/c19-31(28-16-7-1-13(22)2-8-16)25-32(20,29-17-9-3-14(23)4-10-17)27-33(21,26-31)30-18-11-5-15(24)6-12-18/h1-12H. The molecule has 33 heavy (non-hydrogen) atoms. The maximum atomic E-state index is 13.3. The van der Waals surface area contributed by atoms with Crippen LogP contribution in [-0.4, -0.2) is 0 Å². The lowest BCUT2D eigenvalue weighted by Crippen LogP contribution is -1.95. The minimum Gasteiger partial charge on any atom is -0.431 e. The minimum atomic E-state index is -3.69. The highest BCUT2D eigenvalue weighted by molar-refractivity contribution is 8.05. The molecule has 0 aliphatic carbocycles. The Kier molecular flexibility index (Phi) is 7.12. The highest BCUT2D eigenvalue weighted by Gasteiger charge is 2.40. The molecular formula is C18H12Cl3F3N3O3P3. The quantitative estimate of drug-likeness (QED) is 0.275. The minimum absolute atomic E-state index is 0.143. The third-order valence-corrected chi connectivity index (χ3v) is 14.7. The van der Waals surface area contributed by atoms with Crippen LogP contribution in [0.25, 0.3) is 0 Å². The van der Waals surface area contributed by atoms with Crippen molar-refractivity contribution in [3.63, 3.8) is 0 Å². The summed E-state index contributed by atoms with van der Waals surface area (Å²) in [7, 11) is 0. The lowest BCUT2D eigenvalue weighted by atomic mass is 10.3. The van der Waals surface area contributed by atoms with Gasteiger partial charge in [0.2, 0.25) is 0 Å². The first kappa shape index (κ1) is 24.5. The van der Waals surface area contributed by atoms with Crippen molar-refractivity contribution in [3.8, 4) is 17.2 Å². The Labute approximate surface area is 201 Å². The molecule has 0 saturated carbocycles. The SMILES string of the molecule is Fc1ccc(OP2(Cl)=NP(Cl)(Oc3ccc(F)cc3)=NP(Cl)(Oc3ccc(F)cc3)=N2)cc1. The molecule has 4 rings (SSSR count). The molecule has 1 aliphatic heterocycles. The van der Waals surface area contributed by atoms with Crippen molar-refractivity contribution >= 4 is 54.1 Å². The average Bonchev–Trinajstić information content (AvgIpc) is 2.72. The molecule has 0 bridgehead atoms. The Hall–Kier alpha value is -1.59. The van der Waals surface area contributed by atoms with E-state index in [4.69, 9.17) is 47.3 Å². The van der Waals surface area contributed by atoms with E-state index in [0.29, 0.717) is 0 Å². The Morgan fingerprint density at radius 2 is 0.667 bits per heavy atom. The Bertz CT molecular complexity index is 1160. The third kappa shape index (κ3) is 6.51. The Morgan fingerprint density at radius 1 is 0.455 bits per heavy atom. The maximum absolute atomic E-state index is 13.3. The summed E-state index contributed by atoms with van der Waals surface area (Å²) in [6.45, 7) is -11.1. The normalized spacial score (nSPS) is 26.4. The van der Waals surface area contributed by atoms with Crippen LogP contribution >= 0.6 is 54.1 Å². The monoisotopic (exact) mass is 573 g/mol. The largest absolute Gasteiger partial charge is 0.431 e. The average molecular weight is 575 g/mol. The predicted octanol–water partition coefficient (Wildman–Crippen LogP) is 10.2. The molecule has 0 N–H and O–H groups in total. The molecule has 1 aliphatic rings. The van der Waals surface area contributed by atoms with Crippen LogP contribution in [-0.2, 0) is 0 Å². The van der Waals surface area contributed by atoms with Gasteiger partial charge in [-0.1, -0.05) is 0 Å². The molecule has 0 amide bonds. The third-order valence-electron chi connectivity index (χ3n) is 3.77. The van der Waals surface area contributed by atoms with Crippen molar-refractivity contribution in [2.24, 2.45) is 13.5 Å². The molecule has 3 aromatic rings. The van der Waals surface area contributed by atoms with E-state index in [1.54, 1.807) is 0 Å². The predicted molar refractivity (Wildman–Crippen MR) is 127 cm³/mol. The van der Waals surface area contributed by atoms with Crippen molar-refractivity contribution in [1.82, 2.24) is 0 Å². The summed E-state index contributed by atoms with van der Waals surface area (Å²) in [6, 6.07) is 14.9. The molecule has 1 heterocycles. The van der Waals surface area contributed by atoms with Crippen LogP contribution in [0.3, 0.4) is 0 Å². The van der Waals surface area contributed by atoms with Crippen LogP contribution in [0.4, 0.5) is 13.2 Å². The van der Waals surface area contributed by atoms with E-state index < -0.39 is 37.8 Å². The second-order valence-electron chi connectivity index (χ2n) is 6.32. The zero-order chi connectivity index (χ0) is 23.7. The van der Waals surface area contributed by atoms with Gasteiger partial charge in [0, 0.05) is 0 Å². The van der Waals surface area contributed by atoms with Gasteiger partial charge in [-0.05, 0) is 107 Å². The van der Waals surface area contributed by atoms with Gasteiger partial charge in [-0.3, -0.25) is 0 Å². The van der Waals surface area contributed by atoms with Crippen molar-refractivity contribution in [2.45, 2.75) is 0 Å². The van der Waals surface area contributed by atoms with Crippen molar-refractivity contribution < 1.29 is 26.7 Å². The molecule has 6 nitrogen and oxygen atoms in total. The first-order chi connectivity index (χ1) is 15.5. The van der Waals surface area contributed by atoms with Crippen LogP contribution in [0.5, 0.6) is 17.2 Å². The Balaban J connectivity index is 1.78. The van der Waals surface area contributed by atoms with Crippen molar-refractivity contribution in [1.29, 1.82) is 0 Å². The zero-order valence-electron chi connectivity index (χ0n) is 16.1. The summed E-state index contributed by atoms with van der Waals surface area (Å²) in [5, 5.41) is 0. The second kappa shape index (κ2) is 9.58. The zero-order valence-corrected chi connectivity index (χ0v) is 21.1. The van der Waals surface area contributed by atoms with Crippen molar-refractivity contribution in [3.05, 3.63) is 90.2 Å². The molecule has 0 aromatic heterocycles. The van der Waals surface area contributed by atoms with Gasteiger partial charge < -0.3 is 13.6 Å². The highest BCUT2D eigenvalue weighted by Crippen LogP contribution is 2.83. The van der Waals surface area contributed by atoms with E-state index in [9.17, 15) is 13.2 Å². The molecular weight excluding hydrogens is 562 g/mol. The number of hydrogen-bond donors (Lipinski definition) is 0. The molecule has 0 fully saturated rings. The maximum Gasteiger partial charge on any atom is 0.354 e. The highest BCUT2D eigenvalue weighted by atomic mass is 35.7. The summed E-state index contributed by atoms with van der Waals surface area (Å²) >= 11 is 19.8. The van der Waals surface area contributed by atoms with Gasteiger partial charge in [0.15, 0.2) is 0 Å². The van der Waals surface area contributed by atoms with Crippen LogP contribution < -0.4 is 13.6 Å². The summed E-state index contributed by atoms with van der Waals surface area (Å²) in [5.41, 5.74) is 0. The van der Waals surface area contributed by atoms with Gasteiger partial charge >= 0.3 is 20.4 Å². The molecule has 0 atom stereocenters. The summed E-state index contributed by atoms with van der Waals surface area (Å²) < 4.78 is 69.7. The molecule has 0 spiro atoms. The van der Waals surface area contributed by atoms with Crippen molar-refractivity contribution in [2.75, 3.05) is 0 Å². The first-order valence-corrected chi connectivity index (χ1v) is 16.5. The van der Waals surface area contributed by atoms with Gasteiger partial charge in [-0.15, -0.1) is 13.5 Å². The fourth-order valence-electron chi connectivity index (χ4n) is 2.46. The molecule has 0 saturated heterocycles. The summed E-state index contributed by atoms with van der Waals surface area (Å²) in [5.74, 6) is -1.05. The molecule has 0 radical (unpaired) electrons. The van der Waals surface area contributed by atoms with Gasteiger partial charge in [-0.2, -0.15) is 0 Å². The second-order valence-corrected chi connectivity index (χ2v) is 15.8. The number of benzene rings is 3. The van der Waals surface area contributed by atoms with Gasteiger partial charge in [-0.25, -0.2) is 13.2 Å². The number of nitrogens with zero attached hydrogens (tertiary/aromatic N) is 3. The Morgan fingerprint density at radius 3 is 0.879 bits per heavy atom. The van der Waals surface area contributed by atoms with Gasteiger partial charge in [0.25, 0.3) is 0 Å². The van der Waals surface area contributed by atoms with Crippen LogP contribution in [0.1, 0.15) is 0 Å². The van der Waals surface area contributed by atoms with E-state index in [1.807, 2.05) is 0 Å². The molecule has 174 valence electrons. The fourth-order valence-corrected chi connectivity index (χ4v) is 15.8. The molecule has 15 heteroatoms. The van der Waals surface area contributed by atoms with E-state index in [2.05, 4.69) is 13.5 Å². The number of rotatable bonds is 6. The van der Waals surface area contributed by atoms with E-state index in [0.717, 1.165) is 36.4 Å². The topological polar surface area (TPSA) is 64.8 Å². The first-order valence-electron chi connectivity index (χ1n) is 8.90. The number of halogens is 6. The summed E-state index contributed by atoms with van der Waals surface area (Å²) in [4.78, 5) is 0. The van der Waals surface area contributed by atoms with Crippen LogP contribution in [0.15, 0.2) is 86.3 Å². The summed E-state index contributed by atoms with van der Waals surface area (Å²) in [6.07, 6.45) is 0. The smallest absolute Gasteiger partial charge is 0.354 e. The number of hydrogen-bond acceptors (Lipinski definition) is 6. The van der Waals surface area contributed by atoms with E-state index >= 15 is 0 Å². The van der Waals surface area contributed by atoms with E-state index in [1.165, 1.54) is 36.4 Å². The van der Waals surface area contributed by atoms with E-state index in [-0.39, 0.29) is 17.2 Å². The van der Waals surface area contributed by atoms with Gasteiger partial charge in [0.05, 0.1) is 0 Å². The fraction of sp³-hybridized carbons (Fsp3) is 0. The molecule has 0 unspecified atom stereocenters. The van der Waals surface area contributed by atoms with Gasteiger partial charge in [0.1, 0.15) is 34.7 Å². The van der Waals surface area contributed by atoms with Crippen LogP contribution in [0, 0.1) is 17.5 Å². The lowest BCUT2D eigenvalue weighted by molar-refractivity contribution is 0.585. The molecule has 3 aromatic carbocycles.